The van der Waals surface area contributed by atoms with Crippen molar-refractivity contribution < 1.29 is 18.7 Å². The molecular formula is C23H29FN2O3. The number of benzene rings is 2. The molecule has 0 atom stereocenters. The highest BCUT2D eigenvalue weighted by Crippen LogP contribution is 2.24. The Bertz CT molecular complexity index is 796. The van der Waals surface area contributed by atoms with E-state index in [2.05, 4.69) is 43.5 Å². The van der Waals surface area contributed by atoms with Gasteiger partial charge in [0.1, 0.15) is 11.6 Å². The van der Waals surface area contributed by atoms with Gasteiger partial charge in [0.2, 0.25) is 5.91 Å². The molecule has 6 heteroatoms. The van der Waals surface area contributed by atoms with Crippen molar-refractivity contribution in [2.75, 3.05) is 19.7 Å². The van der Waals surface area contributed by atoms with Crippen molar-refractivity contribution in [2.45, 2.75) is 39.0 Å². The molecule has 2 rings (SSSR count). The van der Waals surface area contributed by atoms with Gasteiger partial charge in [-0.25, -0.2) is 4.39 Å². The van der Waals surface area contributed by atoms with E-state index < -0.39 is 0 Å². The minimum absolute atomic E-state index is 0.0901. The molecule has 0 spiro atoms. The van der Waals surface area contributed by atoms with Crippen molar-refractivity contribution in [1.82, 2.24) is 10.6 Å². The molecule has 0 saturated carbocycles. The van der Waals surface area contributed by atoms with Crippen molar-refractivity contribution in [3.63, 3.8) is 0 Å². The van der Waals surface area contributed by atoms with Crippen LogP contribution in [-0.2, 0) is 10.2 Å². The smallest absolute Gasteiger partial charge is 0.251 e. The first-order chi connectivity index (χ1) is 13.8. The van der Waals surface area contributed by atoms with Gasteiger partial charge in [-0.2, -0.15) is 0 Å². The number of hydrogen-bond donors (Lipinski definition) is 2. The Kier molecular flexibility index (Phi) is 8.19. The normalized spacial score (nSPS) is 11.0. The molecule has 5 nitrogen and oxygen atoms in total. The van der Waals surface area contributed by atoms with Crippen LogP contribution in [0.15, 0.2) is 48.5 Å². The number of rotatable bonds is 9. The summed E-state index contributed by atoms with van der Waals surface area (Å²) in [6.45, 7) is 7.59. The molecule has 156 valence electrons. The highest BCUT2D eigenvalue weighted by Gasteiger charge is 2.13. The molecule has 0 aliphatic carbocycles. The molecule has 29 heavy (non-hydrogen) atoms. The summed E-state index contributed by atoms with van der Waals surface area (Å²) in [7, 11) is 0. The maximum absolute atomic E-state index is 12.8. The lowest BCUT2D eigenvalue weighted by Crippen LogP contribution is -2.34. The fourth-order valence-corrected chi connectivity index (χ4v) is 2.64. The summed E-state index contributed by atoms with van der Waals surface area (Å²) in [6.07, 6.45) is 0.959. The van der Waals surface area contributed by atoms with Gasteiger partial charge in [0.25, 0.3) is 5.91 Å². The van der Waals surface area contributed by atoms with Gasteiger partial charge in [-0.15, -0.1) is 0 Å². The molecule has 2 aromatic carbocycles. The second kappa shape index (κ2) is 10.6. The van der Waals surface area contributed by atoms with Gasteiger partial charge in [0.15, 0.2) is 0 Å². The number of ether oxygens (including phenoxy) is 1. The number of halogens is 1. The zero-order valence-electron chi connectivity index (χ0n) is 17.3. The summed E-state index contributed by atoms with van der Waals surface area (Å²) in [5, 5.41) is 5.43. The molecule has 0 unspecified atom stereocenters. The largest absolute Gasteiger partial charge is 0.494 e. The highest BCUT2D eigenvalue weighted by atomic mass is 19.1. The molecular weight excluding hydrogens is 371 g/mol. The van der Waals surface area contributed by atoms with E-state index in [1.54, 1.807) is 0 Å². The van der Waals surface area contributed by atoms with Gasteiger partial charge in [-0.1, -0.05) is 32.9 Å². The van der Waals surface area contributed by atoms with E-state index in [-0.39, 0.29) is 23.0 Å². The summed E-state index contributed by atoms with van der Waals surface area (Å²) in [5.74, 6) is 0.0134. The van der Waals surface area contributed by atoms with E-state index in [1.165, 1.54) is 29.8 Å². The van der Waals surface area contributed by atoms with Crippen LogP contribution in [0.1, 0.15) is 49.5 Å². The summed E-state index contributed by atoms with van der Waals surface area (Å²) in [6, 6.07) is 13.3. The number of amides is 2. The minimum atomic E-state index is -0.389. The lowest BCUT2D eigenvalue weighted by Gasteiger charge is -2.19. The van der Waals surface area contributed by atoms with Gasteiger partial charge in [-0.3, -0.25) is 9.59 Å². The van der Waals surface area contributed by atoms with Gasteiger partial charge in [-0.05, 0) is 53.8 Å². The van der Waals surface area contributed by atoms with Crippen LogP contribution in [-0.4, -0.2) is 31.5 Å². The molecule has 2 N–H and O–H groups in total. The Balaban J connectivity index is 1.57. The van der Waals surface area contributed by atoms with Crippen LogP contribution in [0.5, 0.6) is 5.75 Å². The van der Waals surface area contributed by atoms with Crippen LogP contribution >= 0.6 is 0 Å². The third kappa shape index (κ3) is 7.94. The standard InChI is InChI=1S/C23H29FN2O3/c1-23(2,3)18-8-12-20(13-9-18)29-16-4-5-21(27)25-14-15-26-22(28)17-6-10-19(24)11-7-17/h6-13H,4-5,14-16H2,1-3H3,(H,25,27)(H,26,28). The molecule has 0 aliphatic rings. The highest BCUT2D eigenvalue weighted by molar-refractivity contribution is 5.94. The van der Waals surface area contributed by atoms with Crippen LogP contribution in [0.2, 0.25) is 0 Å². The molecule has 0 aromatic heterocycles. The Hall–Kier alpha value is -2.89. The molecule has 0 fully saturated rings. The van der Waals surface area contributed by atoms with E-state index in [0.29, 0.717) is 38.1 Å². The molecule has 2 amide bonds. The molecule has 0 heterocycles. The molecule has 0 radical (unpaired) electrons. The lowest BCUT2D eigenvalue weighted by atomic mass is 9.87. The van der Waals surface area contributed by atoms with Crippen molar-refractivity contribution in [3.05, 3.63) is 65.5 Å². The second-order valence-corrected chi connectivity index (χ2v) is 7.84. The minimum Gasteiger partial charge on any atom is -0.494 e. The maximum atomic E-state index is 12.8. The van der Waals surface area contributed by atoms with E-state index in [9.17, 15) is 14.0 Å². The van der Waals surface area contributed by atoms with E-state index in [0.717, 1.165) is 5.75 Å². The van der Waals surface area contributed by atoms with E-state index >= 15 is 0 Å². The van der Waals surface area contributed by atoms with Crippen LogP contribution in [0.4, 0.5) is 4.39 Å². The third-order valence-corrected chi connectivity index (χ3v) is 4.38. The average molecular weight is 400 g/mol. The zero-order chi connectivity index (χ0) is 21.3. The third-order valence-electron chi connectivity index (χ3n) is 4.38. The van der Waals surface area contributed by atoms with E-state index in [1.807, 2.05) is 12.1 Å². The fourth-order valence-electron chi connectivity index (χ4n) is 2.64. The summed E-state index contributed by atoms with van der Waals surface area (Å²) in [4.78, 5) is 23.7. The predicted octanol–water partition coefficient (Wildman–Crippen LogP) is 3.83. The first-order valence-corrected chi connectivity index (χ1v) is 9.79. The topological polar surface area (TPSA) is 67.4 Å². The Morgan fingerprint density at radius 3 is 2.17 bits per heavy atom. The number of carbonyl (C=O) groups is 2. The second-order valence-electron chi connectivity index (χ2n) is 7.84. The maximum Gasteiger partial charge on any atom is 0.251 e. The monoisotopic (exact) mass is 400 g/mol. The molecule has 0 saturated heterocycles. The Morgan fingerprint density at radius 1 is 0.931 bits per heavy atom. The van der Waals surface area contributed by atoms with Crippen molar-refractivity contribution in [2.24, 2.45) is 0 Å². The van der Waals surface area contributed by atoms with Crippen LogP contribution in [0.25, 0.3) is 0 Å². The number of nitrogens with one attached hydrogen (secondary N) is 2. The fraction of sp³-hybridized carbons (Fsp3) is 0.391. The van der Waals surface area contributed by atoms with Gasteiger partial charge >= 0.3 is 0 Å². The number of hydrogen-bond acceptors (Lipinski definition) is 3. The van der Waals surface area contributed by atoms with Gasteiger partial charge in [0.05, 0.1) is 6.61 Å². The SMILES string of the molecule is CC(C)(C)c1ccc(OCCCC(=O)NCCNC(=O)c2ccc(F)cc2)cc1. The van der Waals surface area contributed by atoms with Crippen LogP contribution < -0.4 is 15.4 Å². The zero-order valence-corrected chi connectivity index (χ0v) is 17.3. The lowest BCUT2D eigenvalue weighted by molar-refractivity contribution is -0.121. The summed E-state index contributed by atoms with van der Waals surface area (Å²) >= 11 is 0. The van der Waals surface area contributed by atoms with Crippen LogP contribution in [0.3, 0.4) is 0 Å². The molecule has 0 aliphatic heterocycles. The predicted molar refractivity (Wildman–Crippen MR) is 112 cm³/mol. The molecule has 0 bridgehead atoms. The van der Waals surface area contributed by atoms with Crippen molar-refractivity contribution in [3.8, 4) is 5.75 Å². The molecule has 2 aromatic rings. The van der Waals surface area contributed by atoms with E-state index in [4.69, 9.17) is 4.74 Å². The quantitative estimate of drug-likeness (QED) is 0.629. The average Bonchev–Trinajstić information content (AvgIpc) is 2.68. The van der Waals surface area contributed by atoms with Crippen molar-refractivity contribution >= 4 is 11.8 Å². The Labute approximate surface area is 171 Å². The van der Waals surface area contributed by atoms with Crippen LogP contribution in [0, 0.1) is 5.82 Å². The summed E-state index contributed by atoms with van der Waals surface area (Å²) in [5.41, 5.74) is 1.73. The van der Waals surface area contributed by atoms with Crippen molar-refractivity contribution in [1.29, 1.82) is 0 Å². The first-order valence-electron chi connectivity index (χ1n) is 9.79. The summed E-state index contributed by atoms with van der Waals surface area (Å²) < 4.78 is 18.5. The first kappa shape index (κ1) is 22.4. The van der Waals surface area contributed by atoms with Gasteiger partial charge < -0.3 is 15.4 Å². The Morgan fingerprint density at radius 2 is 1.55 bits per heavy atom. The number of carbonyl (C=O) groups excluding carboxylic acids is 2. The van der Waals surface area contributed by atoms with Gasteiger partial charge in [0, 0.05) is 25.1 Å².